The van der Waals surface area contributed by atoms with Crippen molar-refractivity contribution < 1.29 is 0 Å². The molecule has 0 spiro atoms. The van der Waals surface area contributed by atoms with Crippen LogP contribution in [0.2, 0.25) is 0 Å². The second-order valence-electron chi connectivity index (χ2n) is 7.21. The van der Waals surface area contributed by atoms with E-state index in [1.54, 1.807) is 0 Å². The van der Waals surface area contributed by atoms with Gasteiger partial charge in [0, 0.05) is 31.2 Å². The molecular formula is C17H35N3. The summed E-state index contributed by atoms with van der Waals surface area (Å²) in [5.41, 5.74) is 6.45. The predicted molar refractivity (Wildman–Crippen MR) is 86.8 cm³/mol. The van der Waals surface area contributed by atoms with E-state index in [2.05, 4.69) is 37.5 Å². The van der Waals surface area contributed by atoms with Crippen molar-refractivity contribution in [1.29, 1.82) is 0 Å². The molecule has 0 amide bonds. The molecule has 4 unspecified atom stereocenters. The van der Waals surface area contributed by atoms with E-state index >= 15 is 0 Å². The zero-order valence-corrected chi connectivity index (χ0v) is 14.0. The van der Waals surface area contributed by atoms with E-state index in [-0.39, 0.29) is 0 Å². The average molecular weight is 281 g/mol. The molecule has 2 fully saturated rings. The van der Waals surface area contributed by atoms with Gasteiger partial charge in [0.25, 0.3) is 0 Å². The Morgan fingerprint density at radius 2 is 1.85 bits per heavy atom. The fourth-order valence-corrected chi connectivity index (χ4v) is 4.33. The molecule has 2 aliphatic rings. The molecule has 3 heteroatoms. The Balaban J connectivity index is 1.94. The van der Waals surface area contributed by atoms with Crippen LogP contribution in [0.25, 0.3) is 0 Å². The van der Waals surface area contributed by atoms with E-state index in [1.165, 1.54) is 51.9 Å². The average Bonchev–Trinajstić information content (AvgIpc) is 2.90. The third-order valence-corrected chi connectivity index (χ3v) is 5.84. The first kappa shape index (κ1) is 16.3. The van der Waals surface area contributed by atoms with Gasteiger partial charge in [0.15, 0.2) is 0 Å². The van der Waals surface area contributed by atoms with Crippen molar-refractivity contribution in [3.8, 4) is 0 Å². The third kappa shape index (κ3) is 3.55. The molecule has 0 aromatic carbocycles. The second kappa shape index (κ2) is 7.24. The maximum absolute atomic E-state index is 6.45. The zero-order valence-electron chi connectivity index (χ0n) is 14.0. The van der Waals surface area contributed by atoms with Gasteiger partial charge in [-0.1, -0.05) is 27.7 Å². The summed E-state index contributed by atoms with van der Waals surface area (Å²) < 4.78 is 0. The van der Waals surface area contributed by atoms with Gasteiger partial charge in [-0.05, 0) is 50.6 Å². The van der Waals surface area contributed by atoms with E-state index < -0.39 is 0 Å². The van der Waals surface area contributed by atoms with Crippen molar-refractivity contribution in [2.24, 2.45) is 17.6 Å². The SMILES string of the molecule is CCN(CC)C1CCN(C2CC(C(C)C)CCC2N)C1. The Labute approximate surface area is 125 Å². The van der Waals surface area contributed by atoms with Crippen LogP contribution in [0.3, 0.4) is 0 Å². The number of hydrogen-bond donors (Lipinski definition) is 1. The molecule has 4 atom stereocenters. The van der Waals surface area contributed by atoms with Gasteiger partial charge in [-0.3, -0.25) is 9.80 Å². The van der Waals surface area contributed by atoms with Crippen molar-refractivity contribution in [3.05, 3.63) is 0 Å². The Kier molecular flexibility index (Phi) is 5.88. The van der Waals surface area contributed by atoms with Crippen LogP contribution >= 0.6 is 0 Å². The highest BCUT2D eigenvalue weighted by molar-refractivity contribution is 4.94. The number of rotatable bonds is 5. The molecule has 3 nitrogen and oxygen atoms in total. The summed E-state index contributed by atoms with van der Waals surface area (Å²) in [6.45, 7) is 14.2. The largest absolute Gasteiger partial charge is 0.326 e. The highest BCUT2D eigenvalue weighted by Gasteiger charge is 2.37. The van der Waals surface area contributed by atoms with Gasteiger partial charge in [0.2, 0.25) is 0 Å². The van der Waals surface area contributed by atoms with Crippen LogP contribution in [-0.4, -0.2) is 54.1 Å². The maximum atomic E-state index is 6.45. The van der Waals surface area contributed by atoms with Gasteiger partial charge < -0.3 is 5.73 Å². The lowest BCUT2D eigenvalue weighted by atomic mass is 9.76. The molecule has 0 aromatic heterocycles. The van der Waals surface area contributed by atoms with Crippen molar-refractivity contribution in [2.45, 2.75) is 71.5 Å². The lowest BCUT2D eigenvalue weighted by molar-refractivity contribution is 0.107. The summed E-state index contributed by atoms with van der Waals surface area (Å²) in [7, 11) is 0. The van der Waals surface area contributed by atoms with Crippen LogP contribution in [0, 0.1) is 11.8 Å². The van der Waals surface area contributed by atoms with Crippen LogP contribution in [0.5, 0.6) is 0 Å². The van der Waals surface area contributed by atoms with Gasteiger partial charge in [-0.25, -0.2) is 0 Å². The number of nitrogens with two attached hydrogens (primary N) is 1. The first-order valence-electron chi connectivity index (χ1n) is 8.80. The van der Waals surface area contributed by atoms with E-state index in [0.29, 0.717) is 12.1 Å². The van der Waals surface area contributed by atoms with Gasteiger partial charge in [-0.2, -0.15) is 0 Å². The van der Waals surface area contributed by atoms with Crippen LogP contribution in [0.15, 0.2) is 0 Å². The van der Waals surface area contributed by atoms with E-state index in [0.717, 1.165) is 17.9 Å². The molecule has 2 rings (SSSR count). The maximum Gasteiger partial charge on any atom is 0.0250 e. The van der Waals surface area contributed by atoms with Crippen LogP contribution in [-0.2, 0) is 0 Å². The molecule has 1 aliphatic carbocycles. The number of hydrogen-bond acceptors (Lipinski definition) is 3. The monoisotopic (exact) mass is 281 g/mol. The highest BCUT2D eigenvalue weighted by atomic mass is 15.3. The molecule has 0 radical (unpaired) electrons. The smallest absolute Gasteiger partial charge is 0.0250 e. The van der Waals surface area contributed by atoms with E-state index in [4.69, 9.17) is 5.73 Å². The van der Waals surface area contributed by atoms with Crippen LogP contribution < -0.4 is 5.73 Å². The van der Waals surface area contributed by atoms with Crippen molar-refractivity contribution >= 4 is 0 Å². The Bertz CT molecular complexity index is 288. The normalized spacial score (nSPS) is 36.1. The lowest BCUT2D eigenvalue weighted by Crippen LogP contribution is -2.51. The molecule has 1 aliphatic heterocycles. The summed E-state index contributed by atoms with van der Waals surface area (Å²) in [5, 5.41) is 0. The molecular weight excluding hydrogens is 246 g/mol. The van der Waals surface area contributed by atoms with E-state index in [1.807, 2.05) is 0 Å². The lowest BCUT2D eigenvalue weighted by Gasteiger charge is -2.41. The third-order valence-electron chi connectivity index (χ3n) is 5.84. The summed E-state index contributed by atoms with van der Waals surface area (Å²) in [4.78, 5) is 5.33. The molecule has 118 valence electrons. The van der Waals surface area contributed by atoms with Gasteiger partial charge in [0.05, 0.1) is 0 Å². The molecule has 20 heavy (non-hydrogen) atoms. The molecule has 1 saturated heterocycles. The summed E-state index contributed by atoms with van der Waals surface area (Å²) >= 11 is 0. The number of likely N-dealkylation sites (tertiary alicyclic amines) is 1. The minimum atomic E-state index is 0.403. The first-order chi connectivity index (χ1) is 9.56. The summed E-state index contributed by atoms with van der Waals surface area (Å²) in [6, 6.07) is 1.80. The predicted octanol–water partition coefficient (Wildman–Crippen LogP) is 2.55. The molecule has 2 N–H and O–H groups in total. The summed E-state index contributed by atoms with van der Waals surface area (Å²) in [5.74, 6) is 1.69. The van der Waals surface area contributed by atoms with Crippen molar-refractivity contribution in [1.82, 2.24) is 9.80 Å². The summed E-state index contributed by atoms with van der Waals surface area (Å²) in [6.07, 6.45) is 5.21. The van der Waals surface area contributed by atoms with Crippen LogP contribution in [0.1, 0.15) is 53.4 Å². The Hall–Kier alpha value is -0.120. The minimum absolute atomic E-state index is 0.403. The van der Waals surface area contributed by atoms with E-state index in [9.17, 15) is 0 Å². The Morgan fingerprint density at radius 3 is 2.45 bits per heavy atom. The fraction of sp³-hybridized carbons (Fsp3) is 1.00. The topological polar surface area (TPSA) is 32.5 Å². The molecule has 1 heterocycles. The van der Waals surface area contributed by atoms with Crippen molar-refractivity contribution in [2.75, 3.05) is 26.2 Å². The van der Waals surface area contributed by atoms with Gasteiger partial charge in [-0.15, -0.1) is 0 Å². The zero-order chi connectivity index (χ0) is 14.7. The molecule has 0 bridgehead atoms. The number of nitrogens with zero attached hydrogens (tertiary/aromatic N) is 2. The highest BCUT2D eigenvalue weighted by Crippen LogP contribution is 2.33. The fourth-order valence-electron chi connectivity index (χ4n) is 4.33. The van der Waals surface area contributed by atoms with Crippen LogP contribution in [0.4, 0.5) is 0 Å². The molecule has 1 saturated carbocycles. The van der Waals surface area contributed by atoms with Gasteiger partial charge in [0.1, 0.15) is 0 Å². The number of likely N-dealkylation sites (N-methyl/N-ethyl adjacent to an activating group) is 1. The van der Waals surface area contributed by atoms with Gasteiger partial charge >= 0.3 is 0 Å². The quantitative estimate of drug-likeness (QED) is 0.840. The van der Waals surface area contributed by atoms with Crippen molar-refractivity contribution in [3.63, 3.8) is 0 Å². The Morgan fingerprint density at radius 1 is 1.15 bits per heavy atom. The first-order valence-corrected chi connectivity index (χ1v) is 8.80. The standard InChI is InChI=1S/C17H35N3/c1-5-19(6-2)15-9-10-20(12-15)17-11-14(13(3)4)7-8-16(17)18/h13-17H,5-12,18H2,1-4H3. The second-order valence-corrected chi connectivity index (χ2v) is 7.21. The minimum Gasteiger partial charge on any atom is -0.326 e. The molecule has 0 aromatic rings.